The smallest absolute Gasteiger partial charge is 0.253 e. The lowest BCUT2D eigenvalue weighted by Gasteiger charge is -2.32. The van der Waals surface area contributed by atoms with E-state index in [1.807, 2.05) is 14.1 Å². The van der Waals surface area contributed by atoms with Crippen LogP contribution in [0.25, 0.3) is 0 Å². The van der Waals surface area contributed by atoms with Gasteiger partial charge in [-0.05, 0) is 26.6 Å². The summed E-state index contributed by atoms with van der Waals surface area (Å²) in [6.07, 6.45) is 4.25. The van der Waals surface area contributed by atoms with Crippen LogP contribution in [0.3, 0.4) is 0 Å². The zero-order valence-electron chi connectivity index (χ0n) is 12.1. The van der Waals surface area contributed by atoms with Gasteiger partial charge in [0.15, 0.2) is 0 Å². The predicted molar refractivity (Wildman–Crippen MR) is 75.8 cm³/mol. The van der Waals surface area contributed by atoms with E-state index in [-0.39, 0.29) is 18.1 Å². The molecule has 6 heteroatoms. The minimum atomic E-state index is -0.0945. The number of nitrogens with one attached hydrogen (secondary N) is 2. The first-order chi connectivity index (χ1) is 9.66. The molecular formula is C14H23N3O3. The third-order valence-corrected chi connectivity index (χ3v) is 3.34. The Morgan fingerprint density at radius 3 is 3.15 bits per heavy atom. The van der Waals surface area contributed by atoms with Gasteiger partial charge >= 0.3 is 0 Å². The Bertz CT molecular complexity index is 406. The van der Waals surface area contributed by atoms with Crippen LogP contribution in [0.15, 0.2) is 18.5 Å². The number of rotatable bonds is 6. The van der Waals surface area contributed by atoms with Crippen molar-refractivity contribution in [3.05, 3.63) is 24.0 Å². The second kappa shape index (κ2) is 7.42. The van der Waals surface area contributed by atoms with E-state index in [0.717, 1.165) is 13.0 Å². The monoisotopic (exact) mass is 281 g/mol. The number of likely N-dealkylation sites (N-methyl/N-ethyl adjacent to an activating group) is 1. The Labute approximate surface area is 119 Å². The number of amides is 1. The summed E-state index contributed by atoms with van der Waals surface area (Å²) in [5.74, 6) is -0.0945. The maximum Gasteiger partial charge on any atom is 0.253 e. The second-order valence-electron chi connectivity index (χ2n) is 5.26. The van der Waals surface area contributed by atoms with Crippen LogP contribution in [0.1, 0.15) is 16.8 Å². The molecule has 1 aliphatic heterocycles. The van der Waals surface area contributed by atoms with Crippen LogP contribution in [0.5, 0.6) is 0 Å². The van der Waals surface area contributed by atoms with Gasteiger partial charge < -0.3 is 24.7 Å². The van der Waals surface area contributed by atoms with E-state index in [4.69, 9.17) is 9.47 Å². The van der Waals surface area contributed by atoms with Crippen molar-refractivity contribution >= 4 is 5.91 Å². The Hall–Kier alpha value is -1.37. The van der Waals surface area contributed by atoms with Gasteiger partial charge in [0.2, 0.25) is 0 Å². The number of carbonyl (C=O) groups is 1. The molecule has 1 fully saturated rings. The Morgan fingerprint density at radius 1 is 1.60 bits per heavy atom. The van der Waals surface area contributed by atoms with Gasteiger partial charge in [-0.25, -0.2) is 0 Å². The number of carbonyl (C=O) groups excluding carboxylic acids is 1. The van der Waals surface area contributed by atoms with E-state index in [2.05, 4.69) is 15.2 Å². The fourth-order valence-electron chi connectivity index (χ4n) is 2.16. The summed E-state index contributed by atoms with van der Waals surface area (Å²) in [5.41, 5.74) is 0.627. The second-order valence-corrected chi connectivity index (χ2v) is 5.26. The highest BCUT2D eigenvalue weighted by molar-refractivity contribution is 5.94. The molecule has 2 atom stereocenters. The summed E-state index contributed by atoms with van der Waals surface area (Å²) < 4.78 is 11.3. The van der Waals surface area contributed by atoms with Crippen molar-refractivity contribution in [3.63, 3.8) is 0 Å². The number of H-pyrrole nitrogens is 1. The van der Waals surface area contributed by atoms with Crippen molar-refractivity contribution in [1.29, 1.82) is 0 Å². The molecule has 20 heavy (non-hydrogen) atoms. The fourth-order valence-corrected chi connectivity index (χ4v) is 2.16. The lowest BCUT2D eigenvalue weighted by molar-refractivity contribution is -0.0561. The minimum absolute atomic E-state index is 0.0200. The fraction of sp³-hybridized carbons (Fsp3) is 0.643. The average molecular weight is 281 g/mol. The maximum atomic E-state index is 12.1. The van der Waals surface area contributed by atoms with Gasteiger partial charge in [-0.2, -0.15) is 0 Å². The highest BCUT2D eigenvalue weighted by atomic mass is 16.5. The molecule has 1 aromatic heterocycles. The summed E-state index contributed by atoms with van der Waals surface area (Å²) in [4.78, 5) is 17.0. The van der Waals surface area contributed by atoms with E-state index in [0.29, 0.717) is 25.4 Å². The quantitative estimate of drug-likeness (QED) is 0.796. The van der Waals surface area contributed by atoms with Crippen LogP contribution in [-0.2, 0) is 9.47 Å². The van der Waals surface area contributed by atoms with Gasteiger partial charge in [0, 0.05) is 25.5 Å². The van der Waals surface area contributed by atoms with Crippen molar-refractivity contribution < 1.29 is 14.3 Å². The van der Waals surface area contributed by atoms with E-state index < -0.39 is 0 Å². The lowest BCUT2D eigenvalue weighted by atomic mass is 10.1. The molecule has 1 saturated heterocycles. The molecule has 112 valence electrons. The van der Waals surface area contributed by atoms with Crippen LogP contribution in [0.4, 0.5) is 0 Å². The molecule has 2 N–H and O–H groups in total. The Kier molecular flexibility index (Phi) is 5.58. The molecule has 0 aromatic carbocycles. The van der Waals surface area contributed by atoms with Crippen LogP contribution < -0.4 is 5.32 Å². The first-order valence-corrected chi connectivity index (χ1v) is 6.94. The zero-order chi connectivity index (χ0) is 14.4. The van der Waals surface area contributed by atoms with E-state index >= 15 is 0 Å². The van der Waals surface area contributed by atoms with E-state index in [1.165, 1.54) is 0 Å². The third-order valence-electron chi connectivity index (χ3n) is 3.34. The zero-order valence-corrected chi connectivity index (χ0v) is 12.1. The van der Waals surface area contributed by atoms with Crippen LogP contribution in [-0.4, -0.2) is 68.4 Å². The number of ether oxygens (including phenoxy) is 2. The van der Waals surface area contributed by atoms with Crippen LogP contribution in [0.2, 0.25) is 0 Å². The number of nitrogens with zero attached hydrogens (tertiary/aromatic N) is 1. The summed E-state index contributed by atoms with van der Waals surface area (Å²) >= 11 is 0. The number of hydrogen-bond acceptors (Lipinski definition) is 4. The van der Waals surface area contributed by atoms with Gasteiger partial charge in [0.05, 0.1) is 30.9 Å². The van der Waals surface area contributed by atoms with Crippen molar-refractivity contribution in [2.45, 2.75) is 18.6 Å². The third kappa shape index (κ3) is 4.33. The van der Waals surface area contributed by atoms with Crippen molar-refractivity contribution in [2.24, 2.45) is 0 Å². The molecule has 0 saturated carbocycles. The maximum absolute atomic E-state index is 12.1. The van der Waals surface area contributed by atoms with Crippen LogP contribution in [0, 0.1) is 0 Å². The highest BCUT2D eigenvalue weighted by Gasteiger charge is 2.28. The molecule has 1 aliphatic rings. The molecule has 0 radical (unpaired) electrons. The topological polar surface area (TPSA) is 66.6 Å². The van der Waals surface area contributed by atoms with Gasteiger partial charge in [-0.1, -0.05) is 0 Å². The van der Waals surface area contributed by atoms with Crippen molar-refractivity contribution in [3.8, 4) is 0 Å². The van der Waals surface area contributed by atoms with E-state index in [1.54, 1.807) is 18.5 Å². The van der Waals surface area contributed by atoms with Crippen molar-refractivity contribution in [2.75, 3.05) is 40.5 Å². The highest BCUT2D eigenvalue weighted by Crippen LogP contribution is 2.13. The van der Waals surface area contributed by atoms with E-state index in [9.17, 15) is 4.79 Å². The van der Waals surface area contributed by atoms with Crippen molar-refractivity contribution in [1.82, 2.24) is 15.2 Å². The first kappa shape index (κ1) is 15.0. The number of aromatic nitrogens is 1. The number of hydrogen-bond donors (Lipinski definition) is 2. The summed E-state index contributed by atoms with van der Waals surface area (Å²) in [5, 5.41) is 2.99. The minimum Gasteiger partial charge on any atom is -0.379 e. The van der Waals surface area contributed by atoms with Gasteiger partial charge in [0.25, 0.3) is 5.91 Å². The molecule has 6 nitrogen and oxygen atoms in total. The van der Waals surface area contributed by atoms with Crippen LogP contribution >= 0.6 is 0 Å². The number of aromatic amines is 1. The van der Waals surface area contributed by atoms with Gasteiger partial charge in [-0.15, -0.1) is 0 Å². The van der Waals surface area contributed by atoms with Gasteiger partial charge in [0.1, 0.15) is 0 Å². The SMILES string of the molecule is CN(C)CCO[C@H]1CCOC[C@H]1NC(=O)c1cc[nH]c1. The Morgan fingerprint density at radius 2 is 2.45 bits per heavy atom. The predicted octanol–water partition coefficient (Wildman–Crippen LogP) is 0.480. The molecule has 2 rings (SSSR count). The molecule has 2 heterocycles. The summed E-state index contributed by atoms with van der Waals surface area (Å²) in [6.45, 7) is 2.72. The molecule has 1 aromatic rings. The largest absolute Gasteiger partial charge is 0.379 e. The molecule has 0 unspecified atom stereocenters. The first-order valence-electron chi connectivity index (χ1n) is 6.94. The molecular weight excluding hydrogens is 258 g/mol. The lowest BCUT2D eigenvalue weighted by Crippen LogP contribution is -2.50. The summed E-state index contributed by atoms with van der Waals surface area (Å²) in [6, 6.07) is 1.66. The molecule has 0 spiro atoms. The standard InChI is InChI=1S/C14H23N3O3/c1-17(2)6-8-20-13-4-7-19-10-12(13)16-14(18)11-3-5-15-9-11/h3,5,9,12-13,15H,4,6-8,10H2,1-2H3,(H,16,18)/t12-,13+/m1/s1. The Balaban J connectivity index is 1.85. The normalized spacial score (nSPS) is 22.9. The molecule has 0 aliphatic carbocycles. The average Bonchev–Trinajstić information content (AvgIpc) is 2.94. The molecule has 1 amide bonds. The molecule has 0 bridgehead atoms. The summed E-state index contributed by atoms with van der Waals surface area (Å²) in [7, 11) is 4.02. The van der Waals surface area contributed by atoms with Gasteiger partial charge in [-0.3, -0.25) is 4.79 Å².